The van der Waals surface area contributed by atoms with Crippen LogP contribution in [0, 0.1) is 11.8 Å². The molecule has 2 amide bonds. The number of carbonyl (C=O) groups is 2. The molecule has 154 valence electrons. The molecule has 3 aliphatic rings. The monoisotopic (exact) mass is 407 g/mol. The maximum atomic E-state index is 12.7. The number of hydrogen-bond donors (Lipinski definition) is 2. The Labute approximate surface area is 172 Å². The summed E-state index contributed by atoms with van der Waals surface area (Å²) in [6.07, 6.45) is 4.23. The Hall–Kier alpha value is -1.79. The third-order valence-corrected chi connectivity index (χ3v) is 6.41. The van der Waals surface area contributed by atoms with Gasteiger partial charge in [0.1, 0.15) is 5.75 Å². The maximum absolute atomic E-state index is 12.7. The van der Waals surface area contributed by atoms with Crippen LogP contribution in [0.25, 0.3) is 0 Å². The molecule has 3 saturated heterocycles. The van der Waals surface area contributed by atoms with E-state index in [4.69, 9.17) is 4.74 Å². The Bertz CT molecular complexity index is 714. The number of ether oxygens (including phenoxy) is 1. The third kappa shape index (κ3) is 4.28. The van der Waals surface area contributed by atoms with Crippen LogP contribution in [-0.4, -0.2) is 55.5 Å². The highest BCUT2D eigenvalue weighted by atomic mass is 35.5. The number of halogens is 1. The van der Waals surface area contributed by atoms with Crippen LogP contribution in [0.2, 0.25) is 0 Å². The maximum Gasteiger partial charge on any atom is 0.224 e. The van der Waals surface area contributed by atoms with E-state index in [1.807, 2.05) is 24.3 Å². The van der Waals surface area contributed by atoms with E-state index in [-0.39, 0.29) is 30.3 Å². The Morgan fingerprint density at radius 2 is 2.14 bits per heavy atom. The van der Waals surface area contributed by atoms with Crippen LogP contribution in [-0.2, 0) is 16.0 Å². The van der Waals surface area contributed by atoms with Crippen LogP contribution in [0.15, 0.2) is 24.3 Å². The SMILES string of the molecule is COc1cccc(CC(=O)NC[C@H]2[C@@H]3CNC[C@@H](C3)[C@@H]3CCCC(=O)N32)c1.Cl. The van der Waals surface area contributed by atoms with E-state index in [1.165, 1.54) is 0 Å². The van der Waals surface area contributed by atoms with Gasteiger partial charge in [-0.2, -0.15) is 0 Å². The molecule has 1 aromatic carbocycles. The summed E-state index contributed by atoms with van der Waals surface area (Å²) in [5.74, 6) is 2.02. The number of nitrogens with zero attached hydrogens (tertiary/aromatic N) is 1. The molecule has 3 heterocycles. The molecule has 4 rings (SSSR count). The Morgan fingerprint density at radius 1 is 1.32 bits per heavy atom. The standard InChI is InChI=1S/C21H29N3O3.ClH/c1-27-17-5-2-4-14(8-17)9-20(25)23-13-19-16-10-15(11-22-12-16)18-6-3-7-21(26)24(18)19;/h2,4-5,8,15-16,18-19,22H,3,6-7,9-13H2,1H3,(H,23,25);1H/t15-,16+,18+,19+;/m1./s1. The van der Waals surface area contributed by atoms with Crippen LogP contribution in [0.5, 0.6) is 5.75 Å². The normalized spacial score (nSPS) is 28.8. The fraction of sp³-hybridized carbons (Fsp3) is 0.619. The lowest BCUT2D eigenvalue weighted by Gasteiger charge is -2.54. The molecule has 3 aliphatic heterocycles. The van der Waals surface area contributed by atoms with Crippen LogP contribution < -0.4 is 15.4 Å². The van der Waals surface area contributed by atoms with E-state index < -0.39 is 0 Å². The summed E-state index contributed by atoms with van der Waals surface area (Å²) in [5.41, 5.74) is 0.932. The first-order valence-electron chi connectivity index (χ1n) is 10.1. The van der Waals surface area contributed by atoms with Gasteiger partial charge in [0.15, 0.2) is 0 Å². The molecule has 1 aromatic rings. The quantitative estimate of drug-likeness (QED) is 0.780. The molecule has 2 N–H and O–H groups in total. The molecule has 7 heteroatoms. The van der Waals surface area contributed by atoms with Gasteiger partial charge in [0.05, 0.1) is 19.6 Å². The minimum Gasteiger partial charge on any atom is -0.497 e. The lowest BCUT2D eigenvalue weighted by Crippen LogP contribution is -2.66. The summed E-state index contributed by atoms with van der Waals surface area (Å²) in [6, 6.07) is 8.05. The van der Waals surface area contributed by atoms with E-state index in [2.05, 4.69) is 15.5 Å². The van der Waals surface area contributed by atoms with Crippen molar-refractivity contribution in [1.29, 1.82) is 0 Å². The molecule has 3 fully saturated rings. The largest absolute Gasteiger partial charge is 0.497 e. The van der Waals surface area contributed by atoms with Gasteiger partial charge in [0, 0.05) is 25.6 Å². The first kappa shape index (κ1) is 20.9. The molecule has 0 radical (unpaired) electrons. The fourth-order valence-electron chi connectivity index (χ4n) is 5.15. The summed E-state index contributed by atoms with van der Waals surface area (Å²) >= 11 is 0. The van der Waals surface area contributed by atoms with E-state index >= 15 is 0 Å². The smallest absolute Gasteiger partial charge is 0.224 e. The van der Waals surface area contributed by atoms with E-state index in [9.17, 15) is 9.59 Å². The number of carbonyl (C=O) groups excluding carboxylic acids is 2. The Balaban J connectivity index is 0.00000225. The molecule has 0 aromatic heterocycles. The number of fused-ring (bicyclic) bond motifs is 4. The van der Waals surface area contributed by atoms with Crippen LogP contribution in [0.3, 0.4) is 0 Å². The lowest BCUT2D eigenvalue weighted by atomic mass is 9.72. The van der Waals surface area contributed by atoms with Crippen LogP contribution in [0.4, 0.5) is 0 Å². The van der Waals surface area contributed by atoms with Crippen LogP contribution in [0.1, 0.15) is 31.2 Å². The number of amides is 2. The highest BCUT2D eigenvalue weighted by molar-refractivity contribution is 5.85. The van der Waals surface area contributed by atoms with E-state index in [0.717, 1.165) is 43.7 Å². The van der Waals surface area contributed by atoms with Crippen molar-refractivity contribution in [3.05, 3.63) is 29.8 Å². The van der Waals surface area contributed by atoms with Crippen molar-refractivity contribution in [2.45, 2.75) is 44.2 Å². The minimum atomic E-state index is -0.00449. The van der Waals surface area contributed by atoms with Crippen molar-refractivity contribution in [2.75, 3.05) is 26.7 Å². The molecular weight excluding hydrogens is 378 g/mol. The molecule has 0 unspecified atom stereocenters. The van der Waals surface area contributed by atoms with Crippen molar-refractivity contribution < 1.29 is 14.3 Å². The number of rotatable bonds is 5. The zero-order chi connectivity index (χ0) is 18.8. The number of piperidine rings is 3. The second kappa shape index (κ2) is 9.14. The highest BCUT2D eigenvalue weighted by Crippen LogP contribution is 2.39. The average Bonchev–Trinajstić information content (AvgIpc) is 2.69. The summed E-state index contributed by atoms with van der Waals surface area (Å²) in [7, 11) is 1.62. The topological polar surface area (TPSA) is 70.7 Å². The second-order valence-corrected chi connectivity index (χ2v) is 8.07. The molecule has 0 spiro atoms. The molecule has 6 nitrogen and oxygen atoms in total. The number of methoxy groups -OCH3 is 1. The van der Waals surface area contributed by atoms with Crippen LogP contribution >= 0.6 is 12.4 Å². The third-order valence-electron chi connectivity index (χ3n) is 6.41. The number of hydrogen-bond acceptors (Lipinski definition) is 4. The van der Waals surface area contributed by atoms with Gasteiger partial charge in [-0.15, -0.1) is 12.4 Å². The molecule has 0 aliphatic carbocycles. The zero-order valence-electron chi connectivity index (χ0n) is 16.4. The number of benzene rings is 1. The van der Waals surface area contributed by atoms with Crippen molar-refractivity contribution in [1.82, 2.24) is 15.5 Å². The van der Waals surface area contributed by atoms with Gasteiger partial charge in [0.25, 0.3) is 0 Å². The summed E-state index contributed by atoms with van der Waals surface area (Å²) in [5, 5.41) is 6.63. The predicted molar refractivity (Wildman–Crippen MR) is 110 cm³/mol. The van der Waals surface area contributed by atoms with E-state index in [1.54, 1.807) is 7.11 Å². The van der Waals surface area contributed by atoms with Gasteiger partial charge >= 0.3 is 0 Å². The first-order chi connectivity index (χ1) is 13.2. The van der Waals surface area contributed by atoms with Crippen molar-refractivity contribution >= 4 is 24.2 Å². The number of nitrogens with one attached hydrogen (secondary N) is 2. The molecule has 4 atom stereocenters. The highest BCUT2D eigenvalue weighted by Gasteiger charge is 2.47. The molecule has 2 bridgehead atoms. The van der Waals surface area contributed by atoms with E-state index in [0.29, 0.717) is 37.3 Å². The molecule has 28 heavy (non-hydrogen) atoms. The van der Waals surface area contributed by atoms with Gasteiger partial charge in [0.2, 0.25) is 11.8 Å². The van der Waals surface area contributed by atoms with Gasteiger partial charge in [-0.05, 0) is 55.3 Å². The van der Waals surface area contributed by atoms with Crippen molar-refractivity contribution in [3.8, 4) is 5.75 Å². The summed E-state index contributed by atoms with van der Waals surface area (Å²) in [6.45, 7) is 2.49. The average molecular weight is 408 g/mol. The molecule has 0 saturated carbocycles. The summed E-state index contributed by atoms with van der Waals surface area (Å²) < 4.78 is 5.22. The minimum absolute atomic E-state index is 0. The fourth-order valence-corrected chi connectivity index (χ4v) is 5.15. The van der Waals surface area contributed by atoms with Gasteiger partial charge in [-0.25, -0.2) is 0 Å². The van der Waals surface area contributed by atoms with Crippen molar-refractivity contribution in [3.63, 3.8) is 0 Å². The lowest BCUT2D eigenvalue weighted by molar-refractivity contribution is -0.149. The zero-order valence-corrected chi connectivity index (χ0v) is 17.2. The molecular formula is C21H30ClN3O3. The van der Waals surface area contributed by atoms with Crippen molar-refractivity contribution in [2.24, 2.45) is 11.8 Å². The summed E-state index contributed by atoms with van der Waals surface area (Å²) in [4.78, 5) is 27.3. The first-order valence-corrected chi connectivity index (χ1v) is 10.1. The Kier molecular flexibility index (Phi) is 6.83. The second-order valence-electron chi connectivity index (χ2n) is 8.07. The van der Waals surface area contributed by atoms with Gasteiger partial charge in [-0.3, -0.25) is 9.59 Å². The predicted octanol–water partition coefficient (Wildman–Crippen LogP) is 1.76. The Morgan fingerprint density at radius 3 is 2.96 bits per heavy atom. The van der Waals surface area contributed by atoms with Gasteiger partial charge in [-0.1, -0.05) is 12.1 Å². The van der Waals surface area contributed by atoms with Gasteiger partial charge < -0.3 is 20.3 Å².